The Morgan fingerprint density at radius 3 is 2.86 bits per heavy atom. The molecule has 1 aromatic heterocycles. The molecule has 0 fully saturated rings. The van der Waals surface area contributed by atoms with E-state index in [9.17, 15) is 0 Å². The molecule has 14 heavy (non-hydrogen) atoms. The second-order valence-corrected chi connectivity index (χ2v) is 4.21. The molecule has 1 aromatic carbocycles. The molecule has 0 atom stereocenters. The van der Waals surface area contributed by atoms with Gasteiger partial charge in [0.15, 0.2) is 0 Å². The van der Waals surface area contributed by atoms with Crippen LogP contribution in [0.1, 0.15) is 5.56 Å². The second kappa shape index (κ2) is 3.85. The molecule has 0 radical (unpaired) electrons. The van der Waals surface area contributed by atoms with Crippen LogP contribution in [0, 0.1) is 0 Å². The first-order valence-electron chi connectivity index (χ1n) is 4.06. The van der Waals surface area contributed by atoms with E-state index < -0.39 is 0 Å². The Bertz CT molecular complexity index is 487. The van der Waals surface area contributed by atoms with Crippen LogP contribution in [0.15, 0.2) is 28.7 Å². The number of hydrogen-bond donors (Lipinski definition) is 1. The van der Waals surface area contributed by atoms with Crippen molar-refractivity contribution in [3.05, 3.63) is 39.5 Å². The lowest BCUT2D eigenvalue weighted by Gasteiger charge is -2.03. The van der Waals surface area contributed by atoms with Crippen LogP contribution in [0.25, 0.3) is 10.9 Å². The van der Waals surface area contributed by atoms with Crippen molar-refractivity contribution >= 4 is 38.4 Å². The Balaban J connectivity index is 2.73. The molecule has 0 aliphatic rings. The van der Waals surface area contributed by atoms with Gasteiger partial charge in [-0.25, -0.2) is 4.98 Å². The van der Waals surface area contributed by atoms with Gasteiger partial charge in [-0.2, -0.15) is 0 Å². The van der Waals surface area contributed by atoms with Crippen molar-refractivity contribution in [3.63, 3.8) is 0 Å². The molecule has 1 heterocycles. The van der Waals surface area contributed by atoms with E-state index in [2.05, 4.69) is 20.9 Å². The number of fused-ring (bicyclic) bond motifs is 1. The zero-order chi connectivity index (χ0) is 10.1. The average Bonchev–Trinajstić information content (AvgIpc) is 2.16. The van der Waals surface area contributed by atoms with Gasteiger partial charge in [-0.15, -0.1) is 0 Å². The van der Waals surface area contributed by atoms with Crippen LogP contribution in [-0.4, -0.2) is 10.1 Å². The van der Waals surface area contributed by atoms with Crippen molar-refractivity contribution in [2.45, 2.75) is 6.61 Å². The van der Waals surface area contributed by atoms with Gasteiger partial charge in [0.2, 0.25) is 0 Å². The molecule has 72 valence electrons. The SMILES string of the molecule is OCc1cc2ccc(Br)cc2nc1Cl. The molecule has 0 bridgehead atoms. The Morgan fingerprint density at radius 1 is 1.36 bits per heavy atom. The minimum Gasteiger partial charge on any atom is -0.392 e. The number of aliphatic hydroxyl groups excluding tert-OH is 1. The van der Waals surface area contributed by atoms with Crippen LogP contribution in [0.3, 0.4) is 0 Å². The van der Waals surface area contributed by atoms with Crippen LogP contribution in [0.2, 0.25) is 5.15 Å². The molecule has 0 unspecified atom stereocenters. The Labute approximate surface area is 94.7 Å². The lowest BCUT2D eigenvalue weighted by Crippen LogP contribution is -1.89. The van der Waals surface area contributed by atoms with E-state index in [1.165, 1.54) is 0 Å². The van der Waals surface area contributed by atoms with Crippen molar-refractivity contribution in [1.82, 2.24) is 4.98 Å². The quantitative estimate of drug-likeness (QED) is 0.809. The van der Waals surface area contributed by atoms with Crippen molar-refractivity contribution < 1.29 is 5.11 Å². The molecule has 0 aliphatic heterocycles. The molecule has 0 aliphatic carbocycles. The number of aromatic nitrogens is 1. The fourth-order valence-corrected chi connectivity index (χ4v) is 1.83. The number of benzene rings is 1. The Hall–Kier alpha value is -0.640. The van der Waals surface area contributed by atoms with E-state index in [-0.39, 0.29) is 6.61 Å². The number of pyridine rings is 1. The number of halogens is 2. The zero-order valence-electron chi connectivity index (χ0n) is 7.17. The molecule has 0 saturated heterocycles. The summed E-state index contributed by atoms with van der Waals surface area (Å²) in [5, 5.41) is 10.3. The predicted molar refractivity (Wildman–Crippen MR) is 60.4 cm³/mol. The largest absolute Gasteiger partial charge is 0.392 e. The van der Waals surface area contributed by atoms with Crippen molar-refractivity contribution in [2.75, 3.05) is 0 Å². The Morgan fingerprint density at radius 2 is 2.14 bits per heavy atom. The molecule has 2 nitrogen and oxygen atoms in total. The van der Waals surface area contributed by atoms with Gasteiger partial charge in [-0.1, -0.05) is 33.6 Å². The highest BCUT2D eigenvalue weighted by atomic mass is 79.9. The van der Waals surface area contributed by atoms with Gasteiger partial charge in [-0.3, -0.25) is 0 Å². The van der Waals surface area contributed by atoms with E-state index in [1.54, 1.807) is 0 Å². The van der Waals surface area contributed by atoms with Gasteiger partial charge < -0.3 is 5.11 Å². The average molecular weight is 273 g/mol. The van der Waals surface area contributed by atoms with E-state index in [0.717, 1.165) is 15.4 Å². The summed E-state index contributed by atoms with van der Waals surface area (Å²) in [6, 6.07) is 7.60. The van der Waals surface area contributed by atoms with Crippen molar-refractivity contribution in [2.24, 2.45) is 0 Å². The zero-order valence-corrected chi connectivity index (χ0v) is 9.51. The minimum atomic E-state index is -0.0855. The maximum atomic E-state index is 9.00. The number of hydrogen-bond acceptors (Lipinski definition) is 2. The molecule has 0 spiro atoms. The third-order valence-corrected chi connectivity index (χ3v) is 2.80. The van der Waals surface area contributed by atoms with Crippen LogP contribution in [-0.2, 0) is 6.61 Å². The summed E-state index contributed by atoms with van der Waals surface area (Å²) in [7, 11) is 0. The summed E-state index contributed by atoms with van der Waals surface area (Å²) in [5.74, 6) is 0. The predicted octanol–water partition coefficient (Wildman–Crippen LogP) is 3.14. The van der Waals surface area contributed by atoms with E-state index in [4.69, 9.17) is 16.7 Å². The normalized spacial score (nSPS) is 10.8. The minimum absolute atomic E-state index is 0.0855. The third kappa shape index (κ3) is 1.75. The van der Waals surface area contributed by atoms with Crippen LogP contribution in [0.5, 0.6) is 0 Å². The first-order chi connectivity index (χ1) is 6.70. The number of aliphatic hydroxyl groups is 1. The number of nitrogens with zero attached hydrogens (tertiary/aromatic N) is 1. The maximum absolute atomic E-state index is 9.00. The van der Waals surface area contributed by atoms with Crippen LogP contribution in [0.4, 0.5) is 0 Å². The van der Waals surface area contributed by atoms with Gasteiger partial charge in [-0.05, 0) is 18.2 Å². The van der Waals surface area contributed by atoms with Gasteiger partial charge in [0, 0.05) is 15.4 Å². The summed E-state index contributed by atoms with van der Waals surface area (Å²) in [4.78, 5) is 4.18. The summed E-state index contributed by atoms with van der Waals surface area (Å²) < 4.78 is 0.963. The van der Waals surface area contributed by atoms with Gasteiger partial charge in [0.25, 0.3) is 0 Å². The topological polar surface area (TPSA) is 33.1 Å². The van der Waals surface area contributed by atoms with Gasteiger partial charge >= 0.3 is 0 Å². The lowest BCUT2D eigenvalue weighted by atomic mass is 10.2. The molecule has 0 amide bonds. The monoisotopic (exact) mass is 271 g/mol. The molecule has 1 N–H and O–H groups in total. The molecular weight excluding hydrogens is 265 g/mol. The maximum Gasteiger partial charge on any atom is 0.135 e. The summed E-state index contributed by atoms with van der Waals surface area (Å²) in [5.41, 5.74) is 1.48. The lowest BCUT2D eigenvalue weighted by molar-refractivity contribution is 0.281. The number of rotatable bonds is 1. The third-order valence-electron chi connectivity index (χ3n) is 1.98. The molecular formula is C10H7BrClNO. The first-order valence-corrected chi connectivity index (χ1v) is 5.23. The van der Waals surface area contributed by atoms with Crippen molar-refractivity contribution in [3.8, 4) is 0 Å². The molecule has 2 rings (SSSR count). The van der Waals surface area contributed by atoms with E-state index >= 15 is 0 Å². The van der Waals surface area contributed by atoms with Gasteiger partial charge in [0.05, 0.1) is 12.1 Å². The Kier molecular flexibility index (Phi) is 2.72. The fourth-order valence-electron chi connectivity index (χ4n) is 1.27. The molecule has 4 heteroatoms. The molecule has 2 aromatic rings. The summed E-state index contributed by atoms with van der Waals surface area (Å²) in [6.07, 6.45) is 0. The first kappa shape index (κ1) is 9.90. The van der Waals surface area contributed by atoms with Gasteiger partial charge in [0.1, 0.15) is 5.15 Å². The highest BCUT2D eigenvalue weighted by molar-refractivity contribution is 9.10. The standard InChI is InChI=1S/C10H7BrClNO/c11-8-2-1-6-3-7(5-14)10(12)13-9(6)4-8/h1-4,14H,5H2. The fraction of sp³-hybridized carbons (Fsp3) is 0.100. The van der Waals surface area contributed by atoms with Crippen LogP contribution < -0.4 is 0 Å². The van der Waals surface area contributed by atoms with Crippen molar-refractivity contribution in [1.29, 1.82) is 0 Å². The smallest absolute Gasteiger partial charge is 0.135 e. The van der Waals surface area contributed by atoms with Crippen LogP contribution >= 0.6 is 27.5 Å². The van der Waals surface area contributed by atoms with E-state index in [1.807, 2.05) is 24.3 Å². The van der Waals surface area contributed by atoms with E-state index in [0.29, 0.717) is 10.7 Å². The second-order valence-electron chi connectivity index (χ2n) is 2.93. The highest BCUT2D eigenvalue weighted by Gasteiger charge is 2.03. The summed E-state index contributed by atoms with van der Waals surface area (Å²) in [6.45, 7) is -0.0855. The summed E-state index contributed by atoms with van der Waals surface area (Å²) >= 11 is 9.23. The molecule has 0 saturated carbocycles. The highest BCUT2D eigenvalue weighted by Crippen LogP contribution is 2.23.